The van der Waals surface area contributed by atoms with E-state index in [0.29, 0.717) is 39.9 Å². The van der Waals surface area contributed by atoms with E-state index in [-0.39, 0.29) is 6.79 Å². The Labute approximate surface area is 162 Å². The van der Waals surface area contributed by atoms with E-state index in [0.717, 1.165) is 29.8 Å². The number of likely N-dealkylation sites (N-methyl/N-ethyl adjacent to an activating group) is 1. The maximum absolute atomic E-state index is 12.7. The molecule has 144 valence electrons. The van der Waals surface area contributed by atoms with E-state index >= 15 is 0 Å². The van der Waals surface area contributed by atoms with Gasteiger partial charge in [-0.15, -0.1) is 0 Å². The summed E-state index contributed by atoms with van der Waals surface area (Å²) < 4.78 is 27.6. The van der Waals surface area contributed by atoms with Gasteiger partial charge in [0.15, 0.2) is 28.8 Å². The van der Waals surface area contributed by atoms with Crippen LogP contribution in [0, 0.1) is 0 Å². The van der Waals surface area contributed by atoms with Crippen LogP contribution in [0.1, 0.15) is 27.0 Å². The fraction of sp³-hybridized carbons (Fsp3) is 0.286. The maximum atomic E-state index is 12.7. The van der Waals surface area contributed by atoms with Crippen molar-refractivity contribution in [3.05, 3.63) is 46.5 Å². The van der Waals surface area contributed by atoms with E-state index in [1.54, 1.807) is 14.2 Å². The average molecular weight is 381 g/mol. The van der Waals surface area contributed by atoms with Gasteiger partial charge in [0.25, 0.3) is 0 Å². The normalized spacial score (nSPS) is 19.2. The standard InChI is InChI=1S/C21H19NO6/c1-22-7-6-11-8-15(24-2)16(25-3)9-13(11)18(22)19-12-4-5-14-20(27-10-26-14)17(12)21(23)28-19/h4-5,8-9H,6-7,10H2,1-3H3. The number of esters is 1. The van der Waals surface area contributed by atoms with Gasteiger partial charge in [0.2, 0.25) is 6.79 Å². The Hall–Kier alpha value is -3.35. The number of nitrogens with zero attached hydrogens (tertiary/aromatic N) is 1. The summed E-state index contributed by atoms with van der Waals surface area (Å²) in [5.74, 6) is 2.41. The molecule has 28 heavy (non-hydrogen) atoms. The van der Waals surface area contributed by atoms with Gasteiger partial charge in [-0.05, 0) is 36.2 Å². The Balaban J connectivity index is 1.75. The smallest absolute Gasteiger partial charge is 0.348 e. The van der Waals surface area contributed by atoms with Crippen molar-refractivity contribution in [2.24, 2.45) is 0 Å². The molecular formula is C21H19NO6. The Morgan fingerprint density at radius 2 is 1.82 bits per heavy atom. The van der Waals surface area contributed by atoms with Crippen LogP contribution >= 0.6 is 0 Å². The number of fused-ring (bicyclic) bond motifs is 4. The van der Waals surface area contributed by atoms with Crippen LogP contribution < -0.4 is 18.9 Å². The van der Waals surface area contributed by atoms with Crippen LogP contribution in [-0.4, -0.2) is 45.5 Å². The monoisotopic (exact) mass is 381 g/mol. The van der Waals surface area contributed by atoms with Crippen LogP contribution in [0.3, 0.4) is 0 Å². The molecule has 0 saturated carbocycles. The zero-order valence-corrected chi connectivity index (χ0v) is 15.8. The molecule has 7 nitrogen and oxygen atoms in total. The van der Waals surface area contributed by atoms with E-state index < -0.39 is 5.97 Å². The summed E-state index contributed by atoms with van der Waals surface area (Å²) in [6.07, 6.45) is 0.852. The first-order chi connectivity index (χ1) is 13.6. The lowest BCUT2D eigenvalue weighted by molar-refractivity contribution is 0.0711. The second-order valence-electron chi connectivity index (χ2n) is 6.83. The lowest BCUT2D eigenvalue weighted by Gasteiger charge is -2.31. The molecule has 2 aromatic rings. The molecule has 0 bridgehead atoms. The summed E-state index contributed by atoms with van der Waals surface area (Å²) in [5.41, 5.74) is 4.04. The molecule has 3 aliphatic heterocycles. The summed E-state index contributed by atoms with van der Waals surface area (Å²) in [6.45, 7) is 0.892. The lowest BCUT2D eigenvalue weighted by Crippen LogP contribution is -2.26. The van der Waals surface area contributed by atoms with Crippen molar-refractivity contribution in [3.63, 3.8) is 0 Å². The highest BCUT2D eigenvalue weighted by atomic mass is 16.7. The molecule has 0 saturated heterocycles. The van der Waals surface area contributed by atoms with Gasteiger partial charge in [-0.3, -0.25) is 0 Å². The molecule has 2 aromatic carbocycles. The highest BCUT2D eigenvalue weighted by Crippen LogP contribution is 2.48. The number of carbonyl (C=O) groups is 1. The summed E-state index contributed by atoms with van der Waals surface area (Å²) in [7, 11) is 5.21. The Bertz CT molecular complexity index is 1040. The van der Waals surface area contributed by atoms with E-state index in [4.69, 9.17) is 23.7 Å². The van der Waals surface area contributed by atoms with Crippen molar-refractivity contribution in [1.29, 1.82) is 0 Å². The molecule has 3 heterocycles. The molecule has 0 atom stereocenters. The molecule has 7 heteroatoms. The van der Waals surface area contributed by atoms with Crippen molar-refractivity contribution < 1.29 is 28.5 Å². The van der Waals surface area contributed by atoms with Crippen LogP contribution in [0.5, 0.6) is 23.0 Å². The summed E-state index contributed by atoms with van der Waals surface area (Å²) in [4.78, 5) is 14.8. The Kier molecular flexibility index (Phi) is 3.65. The van der Waals surface area contributed by atoms with Gasteiger partial charge < -0.3 is 28.6 Å². The van der Waals surface area contributed by atoms with Gasteiger partial charge in [-0.25, -0.2) is 4.79 Å². The minimum atomic E-state index is -0.430. The van der Waals surface area contributed by atoms with Crippen molar-refractivity contribution in [2.45, 2.75) is 6.42 Å². The third-order valence-electron chi connectivity index (χ3n) is 5.36. The quantitative estimate of drug-likeness (QED) is 0.741. The van der Waals surface area contributed by atoms with Crippen molar-refractivity contribution in [3.8, 4) is 23.0 Å². The number of rotatable bonds is 2. The molecule has 0 N–H and O–H groups in total. The average Bonchev–Trinajstić information content (AvgIpc) is 3.31. The zero-order valence-electron chi connectivity index (χ0n) is 15.8. The SMILES string of the molecule is COc1cc2c(cc1OC)C(=C1OC(=O)c3c1ccc1c3OCO1)N(C)CC2. The van der Waals surface area contributed by atoms with Gasteiger partial charge in [0, 0.05) is 24.7 Å². The molecule has 0 spiro atoms. The zero-order chi connectivity index (χ0) is 19.4. The molecule has 5 rings (SSSR count). The van der Waals surface area contributed by atoms with Gasteiger partial charge in [-0.1, -0.05) is 0 Å². The first kappa shape index (κ1) is 16.8. The Morgan fingerprint density at radius 1 is 1.04 bits per heavy atom. The van der Waals surface area contributed by atoms with E-state index in [1.807, 2.05) is 31.3 Å². The van der Waals surface area contributed by atoms with Crippen LogP contribution in [0.15, 0.2) is 24.3 Å². The number of methoxy groups -OCH3 is 2. The highest BCUT2D eigenvalue weighted by Gasteiger charge is 2.38. The largest absolute Gasteiger partial charge is 0.493 e. The molecule has 0 aromatic heterocycles. The van der Waals surface area contributed by atoms with Crippen LogP contribution in [0.4, 0.5) is 0 Å². The summed E-state index contributed by atoms with van der Waals surface area (Å²) in [5, 5.41) is 0. The number of carbonyl (C=O) groups excluding carboxylic acids is 1. The minimum absolute atomic E-state index is 0.102. The fourth-order valence-electron chi connectivity index (χ4n) is 3.99. The second-order valence-corrected chi connectivity index (χ2v) is 6.83. The second kappa shape index (κ2) is 6.09. The van der Waals surface area contributed by atoms with Crippen LogP contribution in [0.25, 0.3) is 11.5 Å². The molecular weight excluding hydrogens is 362 g/mol. The van der Waals surface area contributed by atoms with Gasteiger partial charge in [0.1, 0.15) is 5.56 Å². The Morgan fingerprint density at radius 3 is 2.61 bits per heavy atom. The van der Waals surface area contributed by atoms with Gasteiger partial charge >= 0.3 is 5.97 Å². The van der Waals surface area contributed by atoms with E-state index in [1.165, 1.54) is 0 Å². The molecule has 0 fully saturated rings. The van der Waals surface area contributed by atoms with Gasteiger partial charge in [0.05, 0.1) is 19.9 Å². The number of cyclic esters (lactones) is 1. The molecule has 0 unspecified atom stereocenters. The van der Waals surface area contributed by atoms with Crippen LogP contribution in [-0.2, 0) is 11.2 Å². The number of hydrogen-bond donors (Lipinski definition) is 0. The third-order valence-corrected chi connectivity index (χ3v) is 5.36. The lowest BCUT2D eigenvalue weighted by atomic mass is 9.93. The van der Waals surface area contributed by atoms with Crippen molar-refractivity contribution >= 4 is 17.4 Å². The van der Waals surface area contributed by atoms with Crippen molar-refractivity contribution in [1.82, 2.24) is 4.90 Å². The first-order valence-electron chi connectivity index (χ1n) is 8.98. The highest BCUT2D eigenvalue weighted by molar-refractivity contribution is 6.10. The van der Waals surface area contributed by atoms with E-state index in [9.17, 15) is 4.79 Å². The minimum Gasteiger partial charge on any atom is -0.493 e. The summed E-state index contributed by atoms with van der Waals surface area (Å²) in [6, 6.07) is 7.57. The van der Waals surface area contributed by atoms with Crippen LogP contribution in [0.2, 0.25) is 0 Å². The number of ether oxygens (including phenoxy) is 5. The predicted octanol–water partition coefficient (Wildman–Crippen LogP) is 2.92. The van der Waals surface area contributed by atoms with Gasteiger partial charge in [-0.2, -0.15) is 0 Å². The fourth-order valence-corrected chi connectivity index (χ4v) is 3.99. The summed E-state index contributed by atoms with van der Waals surface area (Å²) >= 11 is 0. The molecule has 3 aliphatic rings. The molecule has 0 radical (unpaired) electrons. The number of benzene rings is 2. The van der Waals surface area contributed by atoms with E-state index in [2.05, 4.69) is 4.90 Å². The predicted molar refractivity (Wildman–Crippen MR) is 101 cm³/mol. The maximum Gasteiger partial charge on any atom is 0.348 e. The number of hydrogen-bond acceptors (Lipinski definition) is 7. The van der Waals surface area contributed by atoms with Crippen molar-refractivity contribution in [2.75, 3.05) is 34.6 Å². The first-order valence-corrected chi connectivity index (χ1v) is 8.98. The topological polar surface area (TPSA) is 66.5 Å². The molecule has 0 amide bonds. The third kappa shape index (κ3) is 2.25. The molecule has 0 aliphatic carbocycles.